The predicted octanol–water partition coefficient (Wildman–Crippen LogP) is 5.80. The highest BCUT2D eigenvalue weighted by molar-refractivity contribution is 6.42. The molecule has 0 aromatic heterocycles. The summed E-state index contributed by atoms with van der Waals surface area (Å²) in [5.41, 5.74) is 1.91. The molecule has 0 radical (unpaired) electrons. The lowest BCUT2D eigenvalue weighted by atomic mass is 9.96. The van der Waals surface area contributed by atoms with Crippen molar-refractivity contribution in [3.63, 3.8) is 0 Å². The summed E-state index contributed by atoms with van der Waals surface area (Å²) in [5.74, 6) is 0.210. The summed E-state index contributed by atoms with van der Waals surface area (Å²) in [7, 11) is 2.01. The highest BCUT2D eigenvalue weighted by Crippen LogP contribution is 2.31. The Balaban J connectivity index is 1.53. The van der Waals surface area contributed by atoms with Gasteiger partial charge in [0.1, 0.15) is 11.9 Å². The molecule has 40 heavy (non-hydrogen) atoms. The molecular weight excluding hydrogens is 551 g/mol. The van der Waals surface area contributed by atoms with E-state index in [9.17, 15) is 14.7 Å². The van der Waals surface area contributed by atoms with Crippen molar-refractivity contribution in [3.8, 4) is 5.75 Å². The second kappa shape index (κ2) is 13.9. The van der Waals surface area contributed by atoms with Crippen LogP contribution in [0.15, 0.2) is 36.4 Å². The number of anilines is 1. The number of carbonyl (C=O) groups is 2. The number of halogens is 2. The lowest BCUT2D eigenvalue weighted by molar-refractivity contribution is 0.0341. The van der Waals surface area contributed by atoms with Gasteiger partial charge in [-0.2, -0.15) is 0 Å². The van der Waals surface area contributed by atoms with Gasteiger partial charge in [-0.05, 0) is 62.7 Å². The Hall–Kier alpha value is -2.52. The molecule has 2 aromatic rings. The summed E-state index contributed by atoms with van der Waals surface area (Å²) in [4.78, 5) is 30.2. The van der Waals surface area contributed by atoms with Gasteiger partial charge in [0.2, 0.25) is 0 Å². The smallest absolute Gasteiger partial charge is 0.319 e. The minimum absolute atomic E-state index is 0.0126. The van der Waals surface area contributed by atoms with Crippen LogP contribution >= 0.6 is 23.2 Å². The van der Waals surface area contributed by atoms with Crippen LogP contribution in [0, 0.1) is 5.92 Å². The summed E-state index contributed by atoms with van der Waals surface area (Å²) >= 11 is 12.3. The molecule has 0 spiro atoms. The predicted molar refractivity (Wildman–Crippen MR) is 159 cm³/mol. The van der Waals surface area contributed by atoms with Gasteiger partial charge in [0, 0.05) is 37.3 Å². The number of ether oxygens (including phenoxy) is 1. The fraction of sp³-hybridized carbons (Fsp3) is 0.533. The highest BCUT2D eigenvalue weighted by atomic mass is 35.5. The van der Waals surface area contributed by atoms with E-state index in [2.05, 4.69) is 22.5 Å². The zero-order valence-corrected chi connectivity index (χ0v) is 25.0. The molecule has 3 amide bonds. The number of benzene rings is 2. The van der Waals surface area contributed by atoms with Crippen LogP contribution in [-0.2, 0) is 6.54 Å². The molecule has 1 heterocycles. The Labute approximate surface area is 247 Å². The van der Waals surface area contributed by atoms with Gasteiger partial charge in [-0.25, -0.2) is 4.79 Å². The fourth-order valence-electron chi connectivity index (χ4n) is 5.44. The first-order chi connectivity index (χ1) is 19.1. The maximum Gasteiger partial charge on any atom is 0.319 e. The number of amides is 3. The molecule has 10 heteroatoms. The number of fused-ring (bicyclic) bond motifs is 1. The molecule has 1 fully saturated rings. The van der Waals surface area contributed by atoms with Gasteiger partial charge in [0.15, 0.2) is 0 Å². The van der Waals surface area contributed by atoms with Gasteiger partial charge in [0.25, 0.3) is 5.91 Å². The van der Waals surface area contributed by atoms with E-state index in [1.54, 1.807) is 29.2 Å². The Bertz CT molecular complexity index is 1190. The topological polar surface area (TPSA) is 94.1 Å². The summed E-state index contributed by atoms with van der Waals surface area (Å²) in [6, 6.07) is 10.3. The third-order valence-corrected chi connectivity index (χ3v) is 8.53. The molecule has 4 rings (SSSR count). The van der Waals surface area contributed by atoms with Crippen LogP contribution in [0.25, 0.3) is 0 Å². The van der Waals surface area contributed by atoms with Crippen LogP contribution in [0.4, 0.5) is 10.5 Å². The van der Waals surface area contributed by atoms with Crippen molar-refractivity contribution in [3.05, 3.63) is 57.6 Å². The highest BCUT2D eigenvalue weighted by Gasteiger charge is 2.33. The quantitative estimate of drug-likeness (QED) is 0.361. The van der Waals surface area contributed by atoms with E-state index >= 15 is 0 Å². The zero-order valence-electron chi connectivity index (χ0n) is 23.5. The molecule has 2 aromatic carbocycles. The second-order valence-electron chi connectivity index (χ2n) is 11.2. The number of nitrogens with zero attached hydrogens (tertiary/aromatic N) is 2. The third-order valence-electron chi connectivity index (χ3n) is 7.79. The zero-order chi connectivity index (χ0) is 28.8. The number of hydrogen-bond donors (Lipinski definition) is 3. The Morgan fingerprint density at radius 2 is 1.90 bits per heavy atom. The van der Waals surface area contributed by atoms with Gasteiger partial charge >= 0.3 is 6.03 Å². The van der Waals surface area contributed by atoms with Crippen LogP contribution in [0.3, 0.4) is 0 Å². The maximum atomic E-state index is 13.7. The fourth-order valence-corrected chi connectivity index (χ4v) is 5.76. The van der Waals surface area contributed by atoms with Gasteiger partial charge in [-0.3, -0.25) is 9.69 Å². The van der Waals surface area contributed by atoms with Crippen molar-refractivity contribution < 1.29 is 19.4 Å². The molecule has 0 bridgehead atoms. The van der Waals surface area contributed by atoms with Gasteiger partial charge in [-0.15, -0.1) is 0 Å². The molecule has 8 nitrogen and oxygen atoms in total. The molecule has 2 aliphatic rings. The van der Waals surface area contributed by atoms with Crippen LogP contribution in [-0.4, -0.2) is 71.8 Å². The van der Waals surface area contributed by atoms with E-state index in [0.29, 0.717) is 46.7 Å². The van der Waals surface area contributed by atoms with Crippen LogP contribution in [0.2, 0.25) is 10.0 Å². The maximum absolute atomic E-state index is 13.7. The van der Waals surface area contributed by atoms with Crippen molar-refractivity contribution in [2.24, 2.45) is 5.92 Å². The average molecular weight is 592 g/mol. The Kier molecular flexibility index (Phi) is 10.6. The average Bonchev–Trinajstić information content (AvgIpc) is 2.93. The van der Waals surface area contributed by atoms with Crippen molar-refractivity contribution in [1.29, 1.82) is 0 Å². The molecule has 0 saturated heterocycles. The molecular formula is C30H40Cl2N4O4. The first kappa shape index (κ1) is 30.4. The normalized spacial score (nSPS) is 20.8. The van der Waals surface area contributed by atoms with E-state index in [4.69, 9.17) is 27.9 Å². The van der Waals surface area contributed by atoms with Crippen LogP contribution in [0.5, 0.6) is 5.75 Å². The van der Waals surface area contributed by atoms with E-state index in [1.165, 1.54) is 6.42 Å². The number of hydrogen-bond acceptors (Lipinski definition) is 5. The van der Waals surface area contributed by atoms with Crippen molar-refractivity contribution in [1.82, 2.24) is 15.1 Å². The third kappa shape index (κ3) is 7.81. The molecule has 1 aliphatic carbocycles. The summed E-state index contributed by atoms with van der Waals surface area (Å²) in [6.07, 6.45) is 5.18. The number of likely N-dealkylation sites (N-methyl/N-ethyl adjacent to an activating group) is 1. The monoisotopic (exact) mass is 590 g/mol. The SMILES string of the molecule is C[C@@H]1CN([C@@H](C)CO)C(=O)c2cc(NC(=O)NC3CCCCC3)ccc2O[C@@H]1CN(C)Cc1ccc(Cl)c(Cl)c1. The van der Waals surface area contributed by atoms with E-state index in [0.717, 1.165) is 31.2 Å². The molecule has 3 N–H and O–H groups in total. The molecule has 3 atom stereocenters. The first-order valence-corrected chi connectivity index (χ1v) is 14.8. The minimum atomic E-state index is -0.373. The van der Waals surface area contributed by atoms with Crippen molar-refractivity contribution >= 4 is 40.8 Å². The number of nitrogens with one attached hydrogen (secondary N) is 2. The van der Waals surface area contributed by atoms with Crippen molar-refractivity contribution in [2.75, 3.05) is 32.1 Å². The number of rotatable bonds is 8. The minimum Gasteiger partial charge on any atom is -0.488 e. The van der Waals surface area contributed by atoms with Crippen molar-refractivity contribution in [2.45, 2.75) is 70.7 Å². The molecule has 1 aliphatic heterocycles. The van der Waals surface area contributed by atoms with Gasteiger partial charge in [-0.1, -0.05) is 55.5 Å². The Morgan fingerprint density at radius 3 is 2.60 bits per heavy atom. The number of aliphatic hydroxyl groups excluding tert-OH is 1. The van der Waals surface area contributed by atoms with E-state index in [1.807, 2.05) is 26.1 Å². The first-order valence-electron chi connectivity index (χ1n) is 14.1. The number of carbonyl (C=O) groups excluding carboxylic acids is 2. The van der Waals surface area contributed by atoms with E-state index < -0.39 is 0 Å². The molecule has 218 valence electrons. The summed E-state index contributed by atoms with van der Waals surface area (Å²) < 4.78 is 6.49. The van der Waals surface area contributed by atoms with Gasteiger partial charge in [0.05, 0.1) is 28.3 Å². The lowest BCUT2D eigenvalue weighted by Gasteiger charge is -2.38. The number of urea groups is 1. The second-order valence-corrected chi connectivity index (χ2v) is 12.0. The van der Waals surface area contributed by atoms with Crippen LogP contribution in [0.1, 0.15) is 61.9 Å². The largest absolute Gasteiger partial charge is 0.488 e. The molecule has 1 saturated carbocycles. The standard InChI is InChI=1S/C30H40Cl2N4O4/c1-19-15-36(20(2)18-37)29(38)24-14-23(34-30(39)33-22-7-5-4-6-8-22)10-12-27(24)40-28(19)17-35(3)16-21-9-11-25(31)26(32)13-21/h9-14,19-20,22,28,37H,4-8,15-18H2,1-3H3,(H2,33,34,39)/t19-,20+,28-/m1/s1. The van der Waals surface area contributed by atoms with E-state index in [-0.39, 0.29) is 42.7 Å². The Morgan fingerprint density at radius 1 is 1.15 bits per heavy atom. The summed E-state index contributed by atoms with van der Waals surface area (Å²) in [6.45, 7) is 5.39. The number of aliphatic hydroxyl groups is 1. The van der Waals surface area contributed by atoms with Crippen LogP contribution < -0.4 is 15.4 Å². The van der Waals surface area contributed by atoms with Gasteiger partial charge < -0.3 is 25.4 Å². The summed E-state index contributed by atoms with van der Waals surface area (Å²) in [5, 5.41) is 16.9. The lowest BCUT2D eigenvalue weighted by Crippen LogP contribution is -2.49. The molecule has 0 unspecified atom stereocenters.